The molecule has 0 spiro atoms. The largest absolute Gasteiger partial charge is 0.235 e. The van der Waals surface area contributed by atoms with Crippen molar-refractivity contribution in [1.82, 2.24) is 9.97 Å². The maximum Gasteiger partial charge on any atom is 0.161 e. The molecule has 0 aliphatic heterocycles. The lowest BCUT2D eigenvalue weighted by Gasteiger charge is -1.97. The summed E-state index contributed by atoms with van der Waals surface area (Å²) in [5, 5.41) is 2.55. The summed E-state index contributed by atoms with van der Waals surface area (Å²) in [6.45, 7) is 2.06. The number of hydrogen-bond donors (Lipinski definition) is 0. The van der Waals surface area contributed by atoms with Gasteiger partial charge in [-0.2, -0.15) is 0 Å². The van der Waals surface area contributed by atoms with Crippen LogP contribution in [0.3, 0.4) is 0 Å². The summed E-state index contributed by atoms with van der Waals surface area (Å²) in [6.07, 6.45) is 1.73. The van der Waals surface area contributed by atoms with Crippen LogP contribution >= 0.6 is 45.5 Å². The Kier molecular flexibility index (Phi) is 3.04. The lowest BCUT2D eigenvalue weighted by atomic mass is 10.3. The normalized spacial score (nSPS) is 10.5. The molecule has 72 valence electrons. The SMILES string of the molecule is Cc1cc(-c2ncc(I)c(Cl)n2)cs1. The molecular weight excluding hydrogens is 331 g/mol. The average molecular weight is 337 g/mol. The van der Waals surface area contributed by atoms with Gasteiger partial charge in [-0.1, -0.05) is 11.6 Å². The van der Waals surface area contributed by atoms with Crippen molar-refractivity contribution in [3.63, 3.8) is 0 Å². The summed E-state index contributed by atoms with van der Waals surface area (Å²) in [6, 6.07) is 2.06. The Morgan fingerprint density at radius 2 is 2.29 bits per heavy atom. The van der Waals surface area contributed by atoms with Crippen LogP contribution in [0.15, 0.2) is 17.6 Å². The molecule has 5 heteroatoms. The van der Waals surface area contributed by atoms with Gasteiger partial charge in [0.1, 0.15) is 5.15 Å². The van der Waals surface area contributed by atoms with Crippen molar-refractivity contribution >= 4 is 45.5 Å². The fourth-order valence-corrected chi connectivity index (χ4v) is 2.12. The van der Waals surface area contributed by atoms with Crippen LogP contribution in [-0.4, -0.2) is 9.97 Å². The minimum absolute atomic E-state index is 0.513. The van der Waals surface area contributed by atoms with Gasteiger partial charge < -0.3 is 0 Å². The Bertz CT molecular complexity index is 470. The average Bonchev–Trinajstić information content (AvgIpc) is 2.57. The zero-order chi connectivity index (χ0) is 10.1. The van der Waals surface area contributed by atoms with Gasteiger partial charge in [0.2, 0.25) is 0 Å². The zero-order valence-electron chi connectivity index (χ0n) is 7.29. The van der Waals surface area contributed by atoms with Crippen molar-refractivity contribution in [3.05, 3.63) is 31.2 Å². The molecule has 0 saturated heterocycles. The van der Waals surface area contributed by atoms with Gasteiger partial charge in [0.15, 0.2) is 5.82 Å². The number of aromatic nitrogens is 2. The zero-order valence-corrected chi connectivity index (χ0v) is 11.0. The van der Waals surface area contributed by atoms with Crippen LogP contribution in [0.25, 0.3) is 11.4 Å². The summed E-state index contributed by atoms with van der Waals surface area (Å²) in [5.41, 5.74) is 1.03. The third-order valence-electron chi connectivity index (χ3n) is 1.69. The molecule has 0 atom stereocenters. The van der Waals surface area contributed by atoms with E-state index in [1.807, 2.05) is 5.38 Å². The Morgan fingerprint density at radius 1 is 1.50 bits per heavy atom. The second-order valence-corrected chi connectivity index (χ2v) is 5.41. The van der Waals surface area contributed by atoms with E-state index in [4.69, 9.17) is 11.6 Å². The van der Waals surface area contributed by atoms with Gasteiger partial charge in [-0.05, 0) is 35.6 Å². The minimum Gasteiger partial charge on any atom is -0.235 e. The van der Waals surface area contributed by atoms with Gasteiger partial charge in [-0.15, -0.1) is 11.3 Å². The molecule has 0 amide bonds. The highest BCUT2D eigenvalue weighted by atomic mass is 127. The number of hydrogen-bond acceptors (Lipinski definition) is 3. The topological polar surface area (TPSA) is 25.8 Å². The first kappa shape index (κ1) is 10.3. The monoisotopic (exact) mass is 336 g/mol. The predicted octanol–water partition coefficient (Wildman–Crippen LogP) is 3.77. The lowest BCUT2D eigenvalue weighted by molar-refractivity contribution is 1.16. The van der Waals surface area contributed by atoms with E-state index in [9.17, 15) is 0 Å². The molecule has 0 aliphatic carbocycles. The first-order valence-electron chi connectivity index (χ1n) is 3.90. The molecule has 2 aromatic heterocycles. The first-order valence-corrected chi connectivity index (χ1v) is 6.24. The van der Waals surface area contributed by atoms with Crippen molar-refractivity contribution in [1.29, 1.82) is 0 Å². The maximum atomic E-state index is 5.92. The summed E-state index contributed by atoms with van der Waals surface area (Å²) in [5.74, 6) is 0.694. The molecule has 0 saturated carbocycles. The molecule has 0 aromatic carbocycles. The summed E-state index contributed by atoms with van der Waals surface area (Å²) < 4.78 is 0.875. The summed E-state index contributed by atoms with van der Waals surface area (Å²) >= 11 is 9.71. The fraction of sp³-hybridized carbons (Fsp3) is 0.111. The van der Waals surface area contributed by atoms with E-state index in [1.54, 1.807) is 17.5 Å². The molecule has 0 N–H and O–H groups in total. The molecule has 2 heterocycles. The third-order valence-corrected chi connectivity index (χ3v) is 3.95. The summed E-state index contributed by atoms with van der Waals surface area (Å²) in [4.78, 5) is 9.68. The molecule has 2 nitrogen and oxygen atoms in total. The van der Waals surface area contributed by atoms with E-state index in [0.717, 1.165) is 9.13 Å². The molecule has 0 aliphatic rings. The van der Waals surface area contributed by atoms with E-state index in [2.05, 4.69) is 45.5 Å². The van der Waals surface area contributed by atoms with Crippen molar-refractivity contribution in [2.45, 2.75) is 6.92 Å². The maximum absolute atomic E-state index is 5.92. The van der Waals surface area contributed by atoms with Crippen LogP contribution in [0, 0.1) is 10.5 Å². The van der Waals surface area contributed by atoms with Gasteiger partial charge in [0, 0.05) is 22.0 Å². The second-order valence-electron chi connectivity index (χ2n) is 2.78. The Morgan fingerprint density at radius 3 is 2.86 bits per heavy atom. The summed E-state index contributed by atoms with van der Waals surface area (Å²) in [7, 11) is 0. The number of rotatable bonds is 1. The number of halogens is 2. The molecule has 2 rings (SSSR count). The highest BCUT2D eigenvalue weighted by Gasteiger charge is 2.06. The second kappa shape index (κ2) is 4.12. The smallest absolute Gasteiger partial charge is 0.161 e. The van der Waals surface area contributed by atoms with Crippen molar-refractivity contribution in [2.24, 2.45) is 0 Å². The lowest BCUT2D eigenvalue weighted by Crippen LogP contribution is -1.89. The van der Waals surface area contributed by atoms with Crippen molar-refractivity contribution in [2.75, 3.05) is 0 Å². The highest BCUT2D eigenvalue weighted by Crippen LogP contribution is 2.24. The Balaban J connectivity index is 2.47. The molecule has 14 heavy (non-hydrogen) atoms. The molecule has 0 fully saturated rings. The number of nitrogens with zero attached hydrogens (tertiary/aromatic N) is 2. The first-order chi connectivity index (χ1) is 6.66. The van der Waals surface area contributed by atoms with Crippen LogP contribution in [0.4, 0.5) is 0 Å². The molecule has 2 aromatic rings. The Labute approximate surface area is 104 Å². The van der Waals surface area contributed by atoms with E-state index >= 15 is 0 Å². The molecule has 0 unspecified atom stereocenters. The van der Waals surface area contributed by atoms with Crippen LogP contribution in [0.2, 0.25) is 5.15 Å². The van der Waals surface area contributed by atoms with E-state index in [1.165, 1.54) is 4.88 Å². The number of aryl methyl sites for hydroxylation is 1. The van der Waals surface area contributed by atoms with Crippen LogP contribution in [0.5, 0.6) is 0 Å². The van der Waals surface area contributed by atoms with Gasteiger partial charge in [-0.3, -0.25) is 0 Å². The van der Waals surface area contributed by atoms with Gasteiger partial charge in [0.05, 0.1) is 3.57 Å². The van der Waals surface area contributed by atoms with Crippen LogP contribution < -0.4 is 0 Å². The predicted molar refractivity (Wildman–Crippen MR) is 67.8 cm³/mol. The van der Waals surface area contributed by atoms with E-state index in [-0.39, 0.29) is 0 Å². The standard InChI is InChI=1S/C9H6ClIN2S/c1-5-2-6(4-14-5)9-12-3-7(11)8(10)13-9/h2-4H,1H3. The van der Waals surface area contributed by atoms with Crippen LogP contribution in [0.1, 0.15) is 4.88 Å². The van der Waals surface area contributed by atoms with E-state index < -0.39 is 0 Å². The van der Waals surface area contributed by atoms with Crippen molar-refractivity contribution < 1.29 is 0 Å². The van der Waals surface area contributed by atoms with Gasteiger partial charge >= 0.3 is 0 Å². The molecule has 0 radical (unpaired) electrons. The third kappa shape index (κ3) is 2.07. The van der Waals surface area contributed by atoms with Gasteiger partial charge in [0.25, 0.3) is 0 Å². The van der Waals surface area contributed by atoms with Gasteiger partial charge in [-0.25, -0.2) is 9.97 Å². The number of thiophene rings is 1. The van der Waals surface area contributed by atoms with Crippen LogP contribution in [-0.2, 0) is 0 Å². The van der Waals surface area contributed by atoms with Crippen molar-refractivity contribution in [3.8, 4) is 11.4 Å². The minimum atomic E-state index is 0.513. The quantitative estimate of drug-likeness (QED) is 0.585. The Hall–Kier alpha value is -0.200. The fourth-order valence-electron chi connectivity index (χ4n) is 1.05. The highest BCUT2D eigenvalue weighted by molar-refractivity contribution is 14.1. The van der Waals surface area contributed by atoms with E-state index in [0.29, 0.717) is 11.0 Å². The molecular formula is C9H6ClIN2S. The molecule has 0 bridgehead atoms.